The number of carbonyl (C=O) groups is 1. The fourth-order valence-electron chi connectivity index (χ4n) is 0.876. The summed E-state index contributed by atoms with van der Waals surface area (Å²) in [6, 6.07) is -0.403. The molecule has 0 aromatic heterocycles. The van der Waals surface area contributed by atoms with E-state index in [0.717, 1.165) is 0 Å². The fraction of sp³-hybridized carbons (Fsp3) is 0.833. The molecule has 3 atom stereocenters. The van der Waals surface area contributed by atoms with Gasteiger partial charge >= 0.3 is 5.97 Å². The van der Waals surface area contributed by atoms with Crippen molar-refractivity contribution in [3.8, 4) is 0 Å². The Balaban J connectivity index is 2.65. The first-order valence-electron chi connectivity index (χ1n) is 3.09. The van der Waals surface area contributed by atoms with Crippen LogP contribution < -0.4 is 5.73 Å². The Labute approximate surface area is 54.2 Å². The highest BCUT2D eigenvalue weighted by molar-refractivity contribution is 5.78. The summed E-state index contributed by atoms with van der Waals surface area (Å²) in [5.74, 6) is -0.104. The van der Waals surface area contributed by atoms with Crippen molar-refractivity contribution in [2.45, 2.75) is 26.0 Å². The van der Waals surface area contributed by atoms with Gasteiger partial charge in [-0.1, -0.05) is 6.92 Å². The van der Waals surface area contributed by atoms with Crippen LogP contribution in [0, 0.1) is 5.92 Å². The third-order valence-corrected chi connectivity index (χ3v) is 1.88. The van der Waals surface area contributed by atoms with Crippen LogP contribution in [0.4, 0.5) is 0 Å². The molecular weight excluding hydrogens is 118 g/mol. The number of rotatable bonds is 0. The number of hydrogen-bond donors (Lipinski definition) is 1. The molecule has 52 valence electrons. The molecule has 0 spiro atoms. The first kappa shape index (κ1) is 6.55. The molecule has 1 heterocycles. The summed E-state index contributed by atoms with van der Waals surface area (Å²) in [6.45, 7) is 3.77. The standard InChI is InChI=1S/C6H11NO2/c1-3-4(2)9-6(8)5(3)7/h3-5H,7H2,1-2H3/t3?,4-,5+/m0/s1. The van der Waals surface area contributed by atoms with Gasteiger partial charge in [-0.25, -0.2) is 0 Å². The van der Waals surface area contributed by atoms with Gasteiger partial charge in [0.15, 0.2) is 0 Å². The van der Waals surface area contributed by atoms with E-state index in [1.165, 1.54) is 0 Å². The maximum absolute atomic E-state index is 10.6. The smallest absolute Gasteiger partial charge is 0.323 e. The van der Waals surface area contributed by atoms with E-state index in [1.807, 2.05) is 13.8 Å². The molecule has 9 heavy (non-hydrogen) atoms. The predicted octanol–water partition coefficient (Wildman–Crippen LogP) is -0.105. The summed E-state index contributed by atoms with van der Waals surface area (Å²) in [5.41, 5.74) is 5.44. The molecule has 1 unspecified atom stereocenters. The average Bonchev–Trinajstić information content (AvgIpc) is 1.98. The van der Waals surface area contributed by atoms with E-state index >= 15 is 0 Å². The minimum absolute atomic E-state index is 0.00694. The summed E-state index contributed by atoms with van der Waals surface area (Å²) >= 11 is 0. The fourth-order valence-corrected chi connectivity index (χ4v) is 0.876. The molecule has 1 fully saturated rings. The van der Waals surface area contributed by atoms with Crippen molar-refractivity contribution in [2.75, 3.05) is 0 Å². The lowest BCUT2D eigenvalue weighted by atomic mass is 10.0. The van der Waals surface area contributed by atoms with E-state index in [4.69, 9.17) is 10.5 Å². The maximum atomic E-state index is 10.6. The van der Waals surface area contributed by atoms with Gasteiger partial charge in [-0.2, -0.15) is 0 Å². The average molecular weight is 129 g/mol. The van der Waals surface area contributed by atoms with Crippen molar-refractivity contribution in [3.05, 3.63) is 0 Å². The van der Waals surface area contributed by atoms with E-state index in [-0.39, 0.29) is 18.0 Å². The van der Waals surface area contributed by atoms with Crippen molar-refractivity contribution >= 4 is 5.97 Å². The number of cyclic esters (lactones) is 1. The molecule has 2 N–H and O–H groups in total. The predicted molar refractivity (Wildman–Crippen MR) is 32.7 cm³/mol. The number of esters is 1. The van der Waals surface area contributed by atoms with Gasteiger partial charge in [0.1, 0.15) is 12.1 Å². The second-order valence-electron chi connectivity index (χ2n) is 2.53. The van der Waals surface area contributed by atoms with Crippen LogP contribution in [-0.4, -0.2) is 18.1 Å². The zero-order valence-electron chi connectivity index (χ0n) is 5.63. The molecular formula is C6H11NO2. The summed E-state index contributed by atoms with van der Waals surface area (Å²) < 4.78 is 4.82. The Bertz CT molecular complexity index is 135. The molecule has 0 saturated carbocycles. The van der Waals surface area contributed by atoms with Crippen molar-refractivity contribution in [3.63, 3.8) is 0 Å². The Kier molecular flexibility index (Phi) is 1.45. The number of nitrogens with two attached hydrogens (primary N) is 1. The van der Waals surface area contributed by atoms with Crippen molar-refractivity contribution in [2.24, 2.45) is 11.7 Å². The topological polar surface area (TPSA) is 52.3 Å². The van der Waals surface area contributed by atoms with E-state index in [9.17, 15) is 4.79 Å². The van der Waals surface area contributed by atoms with Crippen LogP contribution in [0.25, 0.3) is 0 Å². The van der Waals surface area contributed by atoms with Gasteiger partial charge in [0, 0.05) is 5.92 Å². The molecule has 0 aromatic carbocycles. The maximum Gasteiger partial charge on any atom is 0.323 e. The Morgan fingerprint density at radius 3 is 2.22 bits per heavy atom. The molecule has 1 aliphatic rings. The van der Waals surface area contributed by atoms with Crippen LogP contribution in [0.15, 0.2) is 0 Å². The summed E-state index contributed by atoms with van der Waals surface area (Å²) in [4.78, 5) is 10.6. The second-order valence-corrected chi connectivity index (χ2v) is 2.53. The molecule has 0 radical (unpaired) electrons. The number of carbonyl (C=O) groups excluding carboxylic acids is 1. The highest BCUT2D eigenvalue weighted by atomic mass is 16.6. The quantitative estimate of drug-likeness (QED) is 0.464. The van der Waals surface area contributed by atoms with Crippen molar-refractivity contribution in [1.29, 1.82) is 0 Å². The molecule has 1 aliphatic heterocycles. The van der Waals surface area contributed by atoms with Crippen LogP contribution in [0.1, 0.15) is 13.8 Å². The van der Waals surface area contributed by atoms with Crippen LogP contribution in [0.5, 0.6) is 0 Å². The lowest BCUT2D eigenvalue weighted by molar-refractivity contribution is -0.141. The summed E-state index contributed by atoms with van der Waals surface area (Å²) in [6.07, 6.45) is -0.00694. The van der Waals surface area contributed by atoms with Gasteiger partial charge in [0.2, 0.25) is 0 Å². The largest absolute Gasteiger partial charge is 0.461 e. The van der Waals surface area contributed by atoms with E-state index in [2.05, 4.69) is 0 Å². The minimum atomic E-state index is -0.403. The van der Waals surface area contributed by atoms with Gasteiger partial charge in [-0.15, -0.1) is 0 Å². The van der Waals surface area contributed by atoms with Gasteiger partial charge in [-0.3, -0.25) is 4.79 Å². The molecule has 0 amide bonds. The van der Waals surface area contributed by atoms with Crippen molar-refractivity contribution < 1.29 is 9.53 Å². The SMILES string of the molecule is CC1[C@H](C)OC(=O)[C@@H]1N. The molecule has 3 nitrogen and oxygen atoms in total. The van der Waals surface area contributed by atoms with Crippen LogP contribution in [-0.2, 0) is 9.53 Å². The number of ether oxygens (including phenoxy) is 1. The summed E-state index contributed by atoms with van der Waals surface area (Å²) in [7, 11) is 0. The highest BCUT2D eigenvalue weighted by Gasteiger charge is 2.36. The third kappa shape index (κ3) is 0.920. The van der Waals surface area contributed by atoms with Gasteiger partial charge < -0.3 is 10.5 Å². The zero-order valence-corrected chi connectivity index (χ0v) is 5.63. The molecule has 1 rings (SSSR count). The third-order valence-electron chi connectivity index (χ3n) is 1.88. The summed E-state index contributed by atoms with van der Waals surface area (Å²) in [5, 5.41) is 0. The Morgan fingerprint density at radius 1 is 1.56 bits per heavy atom. The van der Waals surface area contributed by atoms with E-state index in [1.54, 1.807) is 0 Å². The van der Waals surface area contributed by atoms with Crippen LogP contribution in [0.3, 0.4) is 0 Å². The first-order chi connectivity index (χ1) is 4.13. The van der Waals surface area contributed by atoms with E-state index < -0.39 is 6.04 Å². The lowest BCUT2D eigenvalue weighted by Gasteiger charge is -2.06. The molecule has 3 heteroatoms. The minimum Gasteiger partial charge on any atom is -0.461 e. The molecule has 0 aromatic rings. The number of hydrogen-bond acceptors (Lipinski definition) is 3. The van der Waals surface area contributed by atoms with E-state index in [0.29, 0.717) is 0 Å². The van der Waals surface area contributed by atoms with Crippen LogP contribution >= 0.6 is 0 Å². The second kappa shape index (κ2) is 1.99. The Morgan fingerprint density at radius 2 is 2.11 bits per heavy atom. The molecule has 1 saturated heterocycles. The monoisotopic (exact) mass is 129 g/mol. The van der Waals surface area contributed by atoms with Gasteiger partial charge in [-0.05, 0) is 6.92 Å². The highest BCUT2D eigenvalue weighted by Crippen LogP contribution is 2.19. The molecule has 0 bridgehead atoms. The van der Waals surface area contributed by atoms with Crippen molar-refractivity contribution in [1.82, 2.24) is 0 Å². The zero-order chi connectivity index (χ0) is 7.02. The normalized spacial score (nSPS) is 43.0. The first-order valence-corrected chi connectivity index (χ1v) is 3.09. The lowest BCUT2D eigenvalue weighted by Crippen LogP contribution is -2.31. The Hall–Kier alpha value is -0.570. The van der Waals surface area contributed by atoms with Gasteiger partial charge in [0.05, 0.1) is 0 Å². The molecule has 0 aliphatic carbocycles. The van der Waals surface area contributed by atoms with Crippen LogP contribution in [0.2, 0.25) is 0 Å². The van der Waals surface area contributed by atoms with Gasteiger partial charge in [0.25, 0.3) is 0 Å².